The predicted octanol–water partition coefficient (Wildman–Crippen LogP) is 4.96. The Labute approximate surface area is 165 Å². The van der Waals surface area contributed by atoms with E-state index in [-0.39, 0.29) is 18.4 Å². The van der Waals surface area contributed by atoms with E-state index in [0.29, 0.717) is 22.1 Å². The minimum Gasteiger partial charge on any atom is -0.484 e. The molecule has 2 aromatic carbocycles. The van der Waals surface area contributed by atoms with Gasteiger partial charge in [-0.3, -0.25) is 9.59 Å². The zero-order chi connectivity index (χ0) is 20.2. The summed E-state index contributed by atoms with van der Waals surface area (Å²) < 4.78 is 5.56. The average molecular weight is 389 g/mol. The molecular weight excluding hydrogens is 364 g/mol. The standard InChI is InChI=1S/C21H25ClN2O3/c1-13-9-17(10-14(2)19(13)22)27-12-18(25)23-15-7-6-8-16(11-15)24-20(26)21(3,4)5/h6-11H,12H2,1-5H3,(H,23,25)(H,24,26). The van der Waals surface area contributed by atoms with E-state index in [0.717, 1.165) is 11.1 Å². The lowest BCUT2D eigenvalue weighted by atomic mass is 9.95. The van der Waals surface area contributed by atoms with E-state index in [4.69, 9.17) is 16.3 Å². The van der Waals surface area contributed by atoms with Gasteiger partial charge in [0.2, 0.25) is 5.91 Å². The van der Waals surface area contributed by atoms with Crippen molar-refractivity contribution in [1.29, 1.82) is 0 Å². The van der Waals surface area contributed by atoms with E-state index in [1.54, 1.807) is 36.4 Å². The molecule has 0 atom stereocenters. The fraction of sp³-hybridized carbons (Fsp3) is 0.333. The highest BCUT2D eigenvalue weighted by Crippen LogP contribution is 2.26. The Morgan fingerprint density at radius 2 is 1.56 bits per heavy atom. The van der Waals surface area contributed by atoms with Crippen LogP contribution in [-0.4, -0.2) is 18.4 Å². The third kappa shape index (κ3) is 6.00. The summed E-state index contributed by atoms with van der Waals surface area (Å²) in [7, 11) is 0. The number of nitrogens with one attached hydrogen (secondary N) is 2. The first-order valence-electron chi connectivity index (χ1n) is 8.67. The number of rotatable bonds is 5. The number of anilines is 2. The number of hydrogen-bond donors (Lipinski definition) is 2. The van der Waals surface area contributed by atoms with E-state index in [1.807, 2.05) is 34.6 Å². The van der Waals surface area contributed by atoms with Crippen LogP contribution in [-0.2, 0) is 9.59 Å². The highest BCUT2D eigenvalue weighted by Gasteiger charge is 2.21. The fourth-order valence-corrected chi connectivity index (χ4v) is 2.44. The second-order valence-corrected chi connectivity index (χ2v) is 7.87. The van der Waals surface area contributed by atoms with Crippen LogP contribution in [0.5, 0.6) is 5.75 Å². The van der Waals surface area contributed by atoms with Gasteiger partial charge in [-0.25, -0.2) is 0 Å². The van der Waals surface area contributed by atoms with Crippen LogP contribution in [0.3, 0.4) is 0 Å². The Kier molecular flexibility index (Phi) is 6.50. The molecule has 0 radical (unpaired) electrons. The summed E-state index contributed by atoms with van der Waals surface area (Å²) in [5.74, 6) is 0.207. The highest BCUT2D eigenvalue weighted by molar-refractivity contribution is 6.32. The molecule has 2 amide bonds. The minimum absolute atomic E-state index is 0.0946. The van der Waals surface area contributed by atoms with E-state index >= 15 is 0 Å². The molecule has 0 aliphatic rings. The van der Waals surface area contributed by atoms with Gasteiger partial charge in [-0.05, 0) is 55.3 Å². The Morgan fingerprint density at radius 1 is 1.00 bits per heavy atom. The molecule has 0 aliphatic carbocycles. The largest absolute Gasteiger partial charge is 0.484 e. The molecular formula is C21H25ClN2O3. The average Bonchev–Trinajstić information content (AvgIpc) is 2.57. The summed E-state index contributed by atoms with van der Waals surface area (Å²) in [6, 6.07) is 10.6. The van der Waals surface area contributed by atoms with Crippen LogP contribution in [0.15, 0.2) is 36.4 Å². The van der Waals surface area contributed by atoms with Crippen LogP contribution < -0.4 is 15.4 Å². The summed E-state index contributed by atoms with van der Waals surface area (Å²) in [4.78, 5) is 24.2. The molecule has 2 aromatic rings. The quantitative estimate of drug-likeness (QED) is 0.760. The lowest BCUT2D eigenvalue weighted by Gasteiger charge is -2.18. The normalized spacial score (nSPS) is 11.0. The van der Waals surface area contributed by atoms with Crippen molar-refractivity contribution in [3.05, 3.63) is 52.5 Å². The van der Waals surface area contributed by atoms with Crippen molar-refractivity contribution in [2.24, 2.45) is 5.41 Å². The maximum absolute atomic E-state index is 12.2. The smallest absolute Gasteiger partial charge is 0.262 e. The number of benzene rings is 2. The van der Waals surface area contributed by atoms with Crippen molar-refractivity contribution in [2.75, 3.05) is 17.2 Å². The van der Waals surface area contributed by atoms with Gasteiger partial charge >= 0.3 is 0 Å². The summed E-state index contributed by atoms with van der Waals surface area (Å²) in [5, 5.41) is 6.30. The molecule has 2 rings (SSSR count). The topological polar surface area (TPSA) is 67.4 Å². The molecule has 0 bridgehead atoms. The van der Waals surface area contributed by atoms with Gasteiger partial charge in [-0.1, -0.05) is 38.4 Å². The fourth-order valence-electron chi connectivity index (χ4n) is 2.33. The Hall–Kier alpha value is -2.53. The third-order valence-corrected chi connectivity index (χ3v) is 4.46. The molecule has 0 saturated carbocycles. The maximum Gasteiger partial charge on any atom is 0.262 e. The molecule has 0 heterocycles. The Bertz CT molecular complexity index is 834. The monoisotopic (exact) mass is 388 g/mol. The third-order valence-electron chi connectivity index (χ3n) is 3.87. The molecule has 5 nitrogen and oxygen atoms in total. The molecule has 0 aliphatic heterocycles. The van der Waals surface area contributed by atoms with Gasteiger partial charge in [-0.2, -0.15) is 0 Å². The van der Waals surface area contributed by atoms with E-state index < -0.39 is 5.41 Å². The van der Waals surface area contributed by atoms with Crippen molar-refractivity contribution in [2.45, 2.75) is 34.6 Å². The minimum atomic E-state index is -0.498. The van der Waals surface area contributed by atoms with Crippen LogP contribution >= 0.6 is 11.6 Å². The number of ether oxygens (including phenoxy) is 1. The van der Waals surface area contributed by atoms with Crippen molar-refractivity contribution >= 4 is 34.8 Å². The summed E-state index contributed by atoms with van der Waals surface area (Å²) in [5.41, 5.74) is 2.50. The van der Waals surface area contributed by atoms with Crippen molar-refractivity contribution in [1.82, 2.24) is 0 Å². The maximum atomic E-state index is 12.2. The number of carbonyl (C=O) groups is 2. The number of aryl methyl sites for hydroxylation is 2. The van der Waals surface area contributed by atoms with E-state index in [9.17, 15) is 9.59 Å². The zero-order valence-corrected chi connectivity index (χ0v) is 17.0. The molecule has 0 saturated heterocycles. The summed E-state index contributed by atoms with van der Waals surface area (Å²) >= 11 is 6.13. The number of carbonyl (C=O) groups excluding carboxylic acids is 2. The van der Waals surface area contributed by atoms with Crippen LogP contribution in [0.4, 0.5) is 11.4 Å². The molecule has 144 valence electrons. The molecule has 0 aromatic heterocycles. The van der Waals surface area contributed by atoms with Gasteiger partial charge in [-0.15, -0.1) is 0 Å². The van der Waals surface area contributed by atoms with Gasteiger partial charge in [0, 0.05) is 21.8 Å². The van der Waals surface area contributed by atoms with Crippen LogP contribution in [0.2, 0.25) is 5.02 Å². The molecule has 6 heteroatoms. The Morgan fingerprint density at radius 3 is 2.11 bits per heavy atom. The second-order valence-electron chi connectivity index (χ2n) is 7.49. The first-order chi connectivity index (χ1) is 12.6. The number of halogens is 1. The van der Waals surface area contributed by atoms with Crippen molar-refractivity contribution in [3.63, 3.8) is 0 Å². The zero-order valence-electron chi connectivity index (χ0n) is 16.3. The van der Waals surface area contributed by atoms with Gasteiger partial charge in [0.1, 0.15) is 5.75 Å². The number of hydrogen-bond acceptors (Lipinski definition) is 3. The van der Waals surface area contributed by atoms with E-state index in [2.05, 4.69) is 10.6 Å². The summed E-state index contributed by atoms with van der Waals surface area (Å²) in [6.45, 7) is 9.17. The highest BCUT2D eigenvalue weighted by atomic mass is 35.5. The van der Waals surface area contributed by atoms with Gasteiger partial charge < -0.3 is 15.4 Å². The molecule has 2 N–H and O–H groups in total. The predicted molar refractivity (Wildman–Crippen MR) is 110 cm³/mol. The first-order valence-corrected chi connectivity index (χ1v) is 9.05. The van der Waals surface area contributed by atoms with Crippen LogP contribution in [0.25, 0.3) is 0 Å². The van der Waals surface area contributed by atoms with Gasteiger partial charge in [0.25, 0.3) is 5.91 Å². The van der Waals surface area contributed by atoms with Gasteiger partial charge in [0.15, 0.2) is 6.61 Å². The van der Waals surface area contributed by atoms with Crippen molar-refractivity contribution < 1.29 is 14.3 Å². The summed E-state index contributed by atoms with van der Waals surface area (Å²) in [6.07, 6.45) is 0. The molecule has 27 heavy (non-hydrogen) atoms. The van der Waals surface area contributed by atoms with Crippen LogP contribution in [0, 0.1) is 19.3 Å². The lowest BCUT2D eigenvalue weighted by Crippen LogP contribution is -2.27. The van der Waals surface area contributed by atoms with Crippen LogP contribution in [0.1, 0.15) is 31.9 Å². The molecule has 0 unspecified atom stereocenters. The number of amides is 2. The first kappa shape index (κ1) is 20.8. The van der Waals surface area contributed by atoms with Gasteiger partial charge in [0.05, 0.1) is 0 Å². The lowest BCUT2D eigenvalue weighted by molar-refractivity contribution is -0.123. The SMILES string of the molecule is Cc1cc(OCC(=O)Nc2cccc(NC(=O)C(C)(C)C)c2)cc(C)c1Cl. The molecule has 0 spiro atoms. The second kappa shape index (κ2) is 8.44. The van der Waals surface area contributed by atoms with Crippen molar-refractivity contribution in [3.8, 4) is 5.75 Å². The Balaban J connectivity index is 1.96. The van der Waals surface area contributed by atoms with E-state index in [1.165, 1.54) is 0 Å². The molecule has 0 fully saturated rings.